The third-order valence-corrected chi connectivity index (χ3v) is 3.29. The number of amides is 1. The minimum absolute atomic E-state index is 0.277. The SMILES string of the molecule is Cc1cc(C(=O)Nc2ccc(Cl)c(Cl)c2)cc(Cl)n1. The van der Waals surface area contributed by atoms with Crippen molar-refractivity contribution in [1.82, 2.24) is 4.98 Å². The molecule has 19 heavy (non-hydrogen) atoms. The number of carbonyl (C=O) groups excluding carboxylic acids is 1. The molecule has 1 heterocycles. The molecule has 3 nitrogen and oxygen atoms in total. The first-order valence-electron chi connectivity index (χ1n) is 5.36. The quantitative estimate of drug-likeness (QED) is 0.823. The van der Waals surface area contributed by atoms with Crippen LogP contribution in [0.15, 0.2) is 30.3 Å². The lowest BCUT2D eigenvalue weighted by Crippen LogP contribution is -2.12. The molecule has 98 valence electrons. The highest BCUT2D eigenvalue weighted by Gasteiger charge is 2.09. The highest BCUT2D eigenvalue weighted by atomic mass is 35.5. The second-order valence-corrected chi connectivity index (χ2v) is 5.10. The summed E-state index contributed by atoms with van der Waals surface area (Å²) in [6.45, 7) is 1.77. The molecule has 0 aliphatic heterocycles. The largest absolute Gasteiger partial charge is 0.322 e. The van der Waals surface area contributed by atoms with Crippen molar-refractivity contribution in [3.63, 3.8) is 0 Å². The van der Waals surface area contributed by atoms with Crippen LogP contribution in [-0.4, -0.2) is 10.9 Å². The number of pyridine rings is 1. The van der Waals surface area contributed by atoms with Crippen molar-refractivity contribution in [2.75, 3.05) is 5.32 Å². The maximum atomic E-state index is 12.0. The fourth-order valence-corrected chi connectivity index (χ4v) is 2.09. The van der Waals surface area contributed by atoms with Gasteiger partial charge in [-0.05, 0) is 37.3 Å². The van der Waals surface area contributed by atoms with Gasteiger partial charge in [0.15, 0.2) is 0 Å². The van der Waals surface area contributed by atoms with Crippen molar-refractivity contribution in [1.29, 1.82) is 0 Å². The van der Waals surface area contributed by atoms with Crippen molar-refractivity contribution in [3.05, 3.63) is 56.8 Å². The van der Waals surface area contributed by atoms with E-state index < -0.39 is 0 Å². The number of halogens is 3. The summed E-state index contributed by atoms with van der Waals surface area (Å²) in [7, 11) is 0. The standard InChI is InChI=1S/C13H9Cl3N2O/c1-7-4-8(5-12(16)17-7)13(19)18-9-2-3-10(14)11(15)6-9/h2-6H,1H3,(H,18,19). The lowest BCUT2D eigenvalue weighted by Gasteiger charge is -2.07. The van der Waals surface area contributed by atoms with Crippen molar-refractivity contribution >= 4 is 46.4 Å². The molecule has 0 atom stereocenters. The molecule has 0 fully saturated rings. The zero-order chi connectivity index (χ0) is 14.0. The molecule has 1 aromatic carbocycles. The van der Waals surface area contributed by atoms with Gasteiger partial charge < -0.3 is 5.32 Å². The molecular weight excluding hydrogens is 307 g/mol. The van der Waals surface area contributed by atoms with Crippen LogP contribution in [0.5, 0.6) is 0 Å². The fourth-order valence-electron chi connectivity index (χ4n) is 1.54. The predicted octanol–water partition coefficient (Wildman–Crippen LogP) is 4.60. The molecule has 0 saturated carbocycles. The van der Waals surface area contributed by atoms with Crippen LogP contribution < -0.4 is 5.32 Å². The van der Waals surface area contributed by atoms with Crippen LogP contribution >= 0.6 is 34.8 Å². The molecule has 1 N–H and O–H groups in total. The van der Waals surface area contributed by atoms with Crippen LogP contribution in [0.4, 0.5) is 5.69 Å². The Balaban J connectivity index is 2.22. The number of nitrogens with one attached hydrogen (secondary N) is 1. The Kier molecular flexibility index (Phi) is 4.30. The Bertz CT molecular complexity index is 624. The molecular formula is C13H9Cl3N2O. The van der Waals surface area contributed by atoms with Gasteiger partial charge in [0.2, 0.25) is 0 Å². The Hall–Kier alpha value is -1.29. The predicted molar refractivity (Wildman–Crippen MR) is 78.4 cm³/mol. The summed E-state index contributed by atoms with van der Waals surface area (Å²) in [5.41, 5.74) is 1.67. The fraction of sp³-hybridized carbons (Fsp3) is 0.0769. The van der Waals surface area contributed by atoms with Gasteiger partial charge in [0.1, 0.15) is 5.15 Å². The summed E-state index contributed by atoms with van der Waals surface area (Å²) >= 11 is 17.5. The molecule has 1 aromatic heterocycles. The first-order valence-corrected chi connectivity index (χ1v) is 6.49. The number of anilines is 1. The Morgan fingerprint density at radius 1 is 1.11 bits per heavy atom. The zero-order valence-corrected chi connectivity index (χ0v) is 12.1. The molecule has 0 saturated heterocycles. The topological polar surface area (TPSA) is 42.0 Å². The van der Waals surface area contributed by atoms with Crippen molar-refractivity contribution < 1.29 is 4.79 Å². The normalized spacial score (nSPS) is 10.3. The van der Waals surface area contributed by atoms with E-state index in [2.05, 4.69) is 10.3 Å². The van der Waals surface area contributed by atoms with Crippen LogP contribution in [0.1, 0.15) is 16.1 Å². The molecule has 6 heteroatoms. The van der Waals surface area contributed by atoms with Gasteiger partial charge in [-0.1, -0.05) is 34.8 Å². The van der Waals surface area contributed by atoms with E-state index in [0.717, 1.165) is 0 Å². The lowest BCUT2D eigenvalue weighted by molar-refractivity contribution is 0.102. The lowest BCUT2D eigenvalue weighted by atomic mass is 10.2. The van der Waals surface area contributed by atoms with E-state index in [4.69, 9.17) is 34.8 Å². The van der Waals surface area contributed by atoms with Crippen molar-refractivity contribution in [2.24, 2.45) is 0 Å². The van der Waals surface area contributed by atoms with Gasteiger partial charge in [0.05, 0.1) is 10.0 Å². The van der Waals surface area contributed by atoms with E-state index in [1.807, 2.05) is 0 Å². The van der Waals surface area contributed by atoms with Gasteiger partial charge >= 0.3 is 0 Å². The number of aryl methyl sites for hydroxylation is 1. The van der Waals surface area contributed by atoms with Crippen LogP contribution in [0.25, 0.3) is 0 Å². The number of hydrogen-bond donors (Lipinski definition) is 1. The Morgan fingerprint density at radius 3 is 2.47 bits per heavy atom. The summed E-state index contributed by atoms with van der Waals surface area (Å²) in [4.78, 5) is 16.0. The number of hydrogen-bond acceptors (Lipinski definition) is 2. The van der Waals surface area contributed by atoms with Gasteiger partial charge in [-0.15, -0.1) is 0 Å². The average molecular weight is 316 g/mol. The van der Waals surface area contributed by atoms with E-state index >= 15 is 0 Å². The van der Waals surface area contributed by atoms with Gasteiger partial charge in [0, 0.05) is 16.9 Å². The van der Waals surface area contributed by atoms with E-state index in [0.29, 0.717) is 27.0 Å². The number of rotatable bonds is 2. The highest BCUT2D eigenvalue weighted by Crippen LogP contribution is 2.25. The van der Waals surface area contributed by atoms with Crippen LogP contribution in [0.2, 0.25) is 15.2 Å². The molecule has 2 aromatic rings. The summed E-state index contributed by atoms with van der Waals surface area (Å²) in [5.74, 6) is -0.286. The van der Waals surface area contributed by atoms with Gasteiger partial charge in [-0.3, -0.25) is 4.79 Å². The van der Waals surface area contributed by atoms with E-state index in [1.54, 1.807) is 31.2 Å². The van der Waals surface area contributed by atoms with Gasteiger partial charge in [-0.25, -0.2) is 4.98 Å². The van der Waals surface area contributed by atoms with Crippen LogP contribution in [-0.2, 0) is 0 Å². The number of nitrogens with zero attached hydrogens (tertiary/aromatic N) is 1. The Morgan fingerprint density at radius 2 is 1.84 bits per heavy atom. The van der Waals surface area contributed by atoms with Crippen LogP contribution in [0.3, 0.4) is 0 Å². The second-order valence-electron chi connectivity index (χ2n) is 3.90. The Labute approximate surface area is 125 Å². The molecule has 0 aliphatic rings. The molecule has 0 unspecified atom stereocenters. The summed E-state index contributed by atoms with van der Waals surface area (Å²) in [6, 6.07) is 8.02. The second kappa shape index (κ2) is 5.78. The molecule has 0 spiro atoms. The maximum absolute atomic E-state index is 12.0. The van der Waals surface area contributed by atoms with Gasteiger partial charge in [-0.2, -0.15) is 0 Å². The first-order chi connectivity index (χ1) is 8.95. The average Bonchev–Trinajstić information content (AvgIpc) is 2.32. The first kappa shape index (κ1) is 14.1. The third-order valence-electron chi connectivity index (χ3n) is 2.36. The summed E-state index contributed by atoms with van der Waals surface area (Å²) in [6.07, 6.45) is 0. The number of carbonyl (C=O) groups is 1. The molecule has 1 amide bonds. The van der Waals surface area contributed by atoms with E-state index in [9.17, 15) is 4.79 Å². The minimum Gasteiger partial charge on any atom is -0.322 e. The summed E-state index contributed by atoms with van der Waals surface area (Å²) < 4.78 is 0. The minimum atomic E-state index is -0.286. The molecule has 0 aliphatic carbocycles. The van der Waals surface area contributed by atoms with Gasteiger partial charge in [0.25, 0.3) is 5.91 Å². The summed E-state index contributed by atoms with van der Waals surface area (Å²) in [5, 5.41) is 3.80. The molecule has 0 bridgehead atoms. The number of benzene rings is 1. The smallest absolute Gasteiger partial charge is 0.255 e. The zero-order valence-electron chi connectivity index (χ0n) is 9.88. The van der Waals surface area contributed by atoms with E-state index in [1.165, 1.54) is 6.07 Å². The highest BCUT2D eigenvalue weighted by molar-refractivity contribution is 6.42. The van der Waals surface area contributed by atoms with Crippen molar-refractivity contribution in [2.45, 2.75) is 6.92 Å². The van der Waals surface area contributed by atoms with Crippen molar-refractivity contribution in [3.8, 4) is 0 Å². The third kappa shape index (κ3) is 3.60. The number of aromatic nitrogens is 1. The van der Waals surface area contributed by atoms with Crippen LogP contribution in [0, 0.1) is 6.92 Å². The monoisotopic (exact) mass is 314 g/mol. The van der Waals surface area contributed by atoms with E-state index in [-0.39, 0.29) is 11.1 Å². The molecule has 2 rings (SSSR count). The molecule has 0 radical (unpaired) electrons. The maximum Gasteiger partial charge on any atom is 0.255 e.